The first kappa shape index (κ1) is 18.8. The van der Waals surface area contributed by atoms with E-state index in [9.17, 15) is 4.79 Å². The summed E-state index contributed by atoms with van der Waals surface area (Å²) >= 11 is 0. The second-order valence-corrected chi connectivity index (χ2v) is 6.10. The van der Waals surface area contributed by atoms with Crippen molar-refractivity contribution in [3.8, 4) is 5.75 Å². The monoisotopic (exact) mass is 326 g/mol. The number of aryl methyl sites for hydroxylation is 1. The molecule has 22 heavy (non-hydrogen) atoms. The van der Waals surface area contributed by atoms with Crippen LogP contribution in [-0.4, -0.2) is 24.6 Å². The van der Waals surface area contributed by atoms with Crippen molar-refractivity contribution in [2.75, 3.05) is 6.54 Å². The van der Waals surface area contributed by atoms with E-state index in [4.69, 9.17) is 10.5 Å². The van der Waals surface area contributed by atoms with Crippen LogP contribution in [0.4, 0.5) is 0 Å². The summed E-state index contributed by atoms with van der Waals surface area (Å²) < 4.78 is 5.77. The summed E-state index contributed by atoms with van der Waals surface area (Å²) in [5, 5.41) is 2.94. The summed E-state index contributed by atoms with van der Waals surface area (Å²) in [5.74, 6) is 1.26. The molecule has 1 aromatic rings. The van der Waals surface area contributed by atoms with Crippen molar-refractivity contribution in [3.63, 3.8) is 0 Å². The molecule has 0 spiro atoms. The second-order valence-electron chi connectivity index (χ2n) is 6.10. The largest absolute Gasteiger partial charge is 0.489 e. The van der Waals surface area contributed by atoms with E-state index in [2.05, 4.69) is 5.32 Å². The van der Waals surface area contributed by atoms with E-state index in [1.807, 2.05) is 38.1 Å². The summed E-state index contributed by atoms with van der Waals surface area (Å²) in [6.07, 6.45) is 3.76. The lowest BCUT2D eigenvalue weighted by atomic mass is 10.00. The molecule has 3 atom stereocenters. The van der Waals surface area contributed by atoms with Crippen LogP contribution in [0.5, 0.6) is 5.75 Å². The van der Waals surface area contributed by atoms with E-state index in [1.165, 1.54) is 5.56 Å². The number of hydrogen-bond acceptors (Lipinski definition) is 3. The molecule has 124 valence electrons. The SMILES string of the molecule is Cc1ccc(OC(C)CNC(=O)C[C@@H]2CCC[C@H]2N)cc1.Cl. The maximum Gasteiger partial charge on any atom is 0.220 e. The minimum atomic E-state index is -0.0473. The van der Waals surface area contributed by atoms with Gasteiger partial charge in [0.05, 0.1) is 6.54 Å². The average Bonchev–Trinajstić information content (AvgIpc) is 2.85. The highest BCUT2D eigenvalue weighted by molar-refractivity contribution is 5.85. The number of nitrogens with one attached hydrogen (secondary N) is 1. The normalized spacial score (nSPS) is 21.8. The van der Waals surface area contributed by atoms with Crippen molar-refractivity contribution in [1.82, 2.24) is 5.32 Å². The minimum absolute atomic E-state index is 0. The van der Waals surface area contributed by atoms with Crippen LogP contribution in [0.3, 0.4) is 0 Å². The van der Waals surface area contributed by atoms with E-state index in [-0.39, 0.29) is 30.5 Å². The summed E-state index contributed by atoms with van der Waals surface area (Å²) in [6, 6.07) is 8.12. The zero-order valence-electron chi connectivity index (χ0n) is 13.4. The fourth-order valence-corrected chi connectivity index (χ4v) is 2.78. The number of benzene rings is 1. The van der Waals surface area contributed by atoms with Crippen molar-refractivity contribution >= 4 is 18.3 Å². The van der Waals surface area contributed by atoms with Gasteiger partial charge in [-0.05, 0) is 44.7 Å². The van der Waals surface area contributed by atoms with Gasteiger partial charge in [-0.1, -0.05) is 24.1 Å². The predicted molar refractivity (Wildman–Crippen MR) is 91.5 cm³/mol. The number of halogens is 1. The van der Waals surface area contributed by atoms with Crippen LogP contribution in [-0.2, 0) is 4.79 Å². The average molecular weight is 327 g/mol. The zero-order valence-corrected chi connectivity index (χ0v) is 14.2. The van der Waals surface area contributed by atoms with Crippen LogP contribution in [0.15, 0.2) is 24.3 Å². The molecule has 2 rings (SSSR count). The third kappa shape index (κ3) is 5.85. The first-order valence-corrected chi connectivity index (χ1v) is 7.80. The van der Waals surface area contributed by atoms with Crippen LogP contribution in [0.1, 0.15) is 38.2 Å². The Morgan fingerprint density at radius 3 is 2.64 bits per heavy atom. The lowest BCUT2D eigenvalue weighted by Crippen LogP contribution is -2.36. The molecule has 0 aliphatic heterocycles. The van der Waals surface area contributed by atoms with Gasteiger partial charge < -0.3 is 15.8 Å². The third-order valence-corrected chi connectivity index (χ3v) is 4.11. The zero-order chi connectivity index (χ0) is 15.2. The lowest BCUT2D eigenvalue weighted by Gasteiger charge is -2.18. The number of hydrogen-bond donors (Lipinski definition) is 2. The molecule has 0 heterocycles. The van der Waals surface area contributed by atoms with Gasteiger partial charge in [0.15, 0.2) is 0 Å². The molecule has 1 fully saturated rings. The standard InChI is InChI=1S/C17H26N2O2.ClH/c1-12-6-8-15(9-7-12)21-13(2)11-19-17(20)10-14-4-3-5-16(14)18;/h6-9,13-14,16H,3-5,10-11,18H2,1-2H3,(H,19,20);1H/t13?,14-,16+;/m0./s1. The minimum Gasteiger partial charge on any atom is -0.489 e. The number of ether oxygens (including phenoxy) is 1. The lowest BCUT2D eigenvalue weighted by molar-refractivity contribution is -0.122. The highest BCUT2D eigenvalue weighted by Crippen LogP contribution is 2.26. The molecule has 1 aromatic carbocycles. The van der Waals surface area contributed by atoms with Crippen molar-refractivity contribution < 1.29 is 9.53 Å². The smallest absolute Gasteiger partial charge is 0.220 e. The molecule has 4 nitrogen and oxygen atoms in total. The molecule has 1 aliphatic rings. The van der Waals surface area contributed by atoms with Gasteiger partial charge in [-0.3, -0.25) is 4.79 Å². The fourth-order valence-electron chi connectivity index (χ4n) is 2.78. The summed E-state index contributed by atoms with van der Waals surface area (Å²) in [7, 11) is 0. The van der Waals surface area contributed by atoms with Crippen LogP contribution >= 0.6 is 12.4 Å². The molecule has 0 bridgehead atoms. The number of nitrogens with two attached hydrogens (primary N) is 1. The molecule has 0 radical (unpaired) electrons. The number of carbonyl (C=O) groups is 1. The van der Waals surface area contributed by atoms with Gasteiger partial charge in [-0.2, -0.15) is 0 Å². The molecule has 1 amide bonds. The first-order chi connectivity index (χ1) is 10.0. The van der Waals surface area contributed by atoms with Gasteiger partial charge in [0, 0.05) is 12.5 Å². The van der Waals surface area contributed by atoms with E-state index < -0.39 is 0 Å². The van der Waals surface area contributed by atoms with E-state index in [0.29, 0.717) is 18.9 Å². The number of carbonyl (C=O) groups excluding carboxylic acids is 1. The Balaban J connectivity index is 0.00000242. The van der Waals surface area contributed by atoms with E-state index in [1.54, 1.807) is 0 Å². The topological polar surface area (TPSA) is 64.3 Å². The highest BCUT2D eigenvalue weighted by atomic mass is 35.5. The highest BCUT2D eigenvalue weighted by Gasteiger charge is 2.26. The van der Waals surface area contributed by atoms with Crippen molar-refractivity contribution in [1.29, 1.82) is 0 Å². The van der Waals surface area contributed by atoms with Gasteiger partial charge >= 0.3 is 0 Å². The Morgan fingerprint density at radius 2 is 2.05 bits per heavy atom. The molecule has 0 saturated heterocycles. The van der Waals surface area contributed by atoms with Crippen molar-refractivity contribution in [3.05, 3.63) is 29.8 Å². The van der Waals surface area contributed by atoms with Gasteiger partial charge in [0.1, 0.15) is 11.9 Å². The molecular formula is C17H27ClN2O2. The Kier molecular flexibility index (Phi) is 7.69. The van der Waals surface area contributed by atoms with Gasteiger partial charge in [-0.15, -0.1) is 12.4 Å². The summed E-state index contributed by atoms with van der Waals surface area (Å²) in [4.78, 5) is 11.9. The van der Waals surface area contributed by atoms with Crippen LogP contribution in [0.2, 0.25) is 0 Å². The van der Waals surface area contributed by atoms with Crippen molar-refractivity contribution in [2.45, 2.75) is 51.7 Å². The molecule has 0 aromatic heterocycles. The van der Waals surface area contributed by atoms with E-state index in [0.717, 1.165) is 25.0 Å². The Morgan fingerprint density at radius 1 is 1.36 bits per heavy atom. The molecular weight excluding hydrogens is 300 g/mol. The molecule has 1 aliphatic carbocycles. The molecule has 5 heteroatoms. The van der Waals surface area contributed by atoms with Crippen LogP contribution in [0, 0.1) is 12.8 Å². The van der Waals surface area contributed by atoms with Crippen molar-refractivity contribution in [2.24, 2.45) is 11.7 Å². The maximum absolute atomic E-state index is 11.9. The van der Waals surface area contributed by atoms with Crippen LogP contribution in [0.25, 0.3) is 0 Å². The summed E-state index contributed by atoms with van der Waals surface area (Å²) in [5.41, 5.74) is 7.20. The van der Waals surface area contributed by atoms with Gasteiger partial charge in [-0.25, -0.2) is 0 Å². The number of rotatable bonds is 6. The molecule has 3 N–H and O–H groups in total. The van der Waals surface area contributed by atoms with Gasteiger partial charge in [0.2, 0.25) is 5.91 Å². The van der Waals surface area contributed by atoms with Gasteiger partial charge in [0.25, 0.3) is 0 Å². The third-order valence-electron chi connectivity index (χ3n) is 4.11. The Bertz CT molecular complexity index is 464. The summed E-state index contributed by atoms with van der Waals surface area (Å²) in [6.45, 7) is 4.53. The molecule has 1 unspecified atom stereocenters. The number of amides is 1. The maximum atomic E-state index is 11.9. The molecule has 1 saturated carbocycles. The Labute approximate surface area is 139 Å². The van der Waals surface area contributed by atoms with Crippen LogP contribution < -0.4 is 15.8 Å². The first-order valence-electron chi connectivity index (χ1n) is 7.80. The fraction of sp³-hybridized carbons (Fsp3) is 0.588. The second kappa shape index (κ2) is 9.01. The quantitative estimate of drug-likeness (QED) is 0.845. The Hall–Kier alpha value is -1.26. The van der Waals surface area contributed by atoms with E-state index >= 15 is 0 Å². The predicted octanol–water partition coefficient (Wildman–Crippen LogP) is 2.82.